The Hall–Kier alpha value is -3.48. The maximum absolute atomic E-state index is 13.1. The monoisotopic (exact) mass is 434 g/mol. The van der Waals surface area contributed by atoms with Crippen molar-refractivity contribution in [3.8, 4) is 0 Å². The number of carbonyl (C=O) groups excluding carboxylic acids is 2. The molecule has 0 fully saturated rings. The molecule has 0 aliphatic heterocycles. The van der Waals surface area contributed by atoms with Gasteiger partial charge in [0.05, 0.1) is 11.0 Å². The zero-order valence-electron chi connectivity index (χ0n) is 18.9. The molecule has 168 valence electrons. The Kier molecular flexibility index (Phi) is 7.76. The maximum atomic E-state index is 13.1. The van der Waals surface area contributed by atoms with Gasteiger partial charge in [-0.25, -0.2) is 4.98 Å². The minimum Gasteiger partial charge on any atom is -0.356 e. The molecule has 2 N–H and O–H groups in total. The van der Waals surface area contributed by atoms with E-state index in [2.05, 4.69) is 15.6 Å². The average molecular weight is 435 g/mol. The van der Waals surface area contributed by atoms with Crippen molar-refractivity contribution in [1.82, 2.24) is 20.2 Å². The highest BCUT2D eigenvalue weighted by molar-refractivity contribution is 5.80. The molecule has 0 aliphatic carbocycles. The van der Waals surface area contributed by atoms with Crippen LogP contribution in [0.4, 0.5) is 0 Å². The van der Waals surface area contributed by atoms with Gasteiger partial charge < -0.3 is 10.6 Å². The molecule has 0 saturated heterocycles. The molecule has 0 atom stereocenters. The van der Waals surface area contributed by atoms with Gasteiger partial charge >= 0.3 is 0 Å². The summed E-state index contributed by atoms with van der Waals surface area (Å²) in [5.41, 5.74) is 3.30. The molecule has 2 aromatic carbocycles. The third-order valence-electron chi connectivity index (χ3n) is 5.13. The molecule has 3 aromatic rings. The van der Waals surface area contributed by atoms with Crippen LogP contribution in [0.5, 0.6) is 0 Å². The highest BCUT2D eigenvalue weighted by Gasteiger charge is 2.15. The molecule has 0 unspecified atom stereocenters. The molecule has 3 rings (SSSR count). The molecule has 1 heterocycles. The molecule has 0 bridgehead atoms. The van der Waals surface area contributed by atoms with E-state index >= 15 is 0 Å². The molecular weight excluding hydrogens is 404 g/mol. The van der Waals surface area contributed by atoms with E-state index in [1.165, 1.54) is 4.57 Å². The van der Waals surface area contributed by atoms with Crippen LogP contribution in [0.25, 0.3) is 11.0 Å². The molecule has 1 aromatic heterocycles. The summed E-state index contributed by atoms with van der Waals surface area (Å²) in [4.78, 5) is 42.3. The lowest BCUT2D eigenvalue weighted by atomic mass is 10.1. The molecule has 0 spiro atoms. The number of carbonyl (C=O) groups is 2. The van der Waals surface area contributed by atoms with Crippen LogP contribution in [-0.2, 0) is 29.1 Å². The zero-order chi connectivity index (χ0) is 23.1. The fraction of sp³-hybridized carbons (Fsp3) is 0.360. The van der Waals surface area contributed by atoms with Crippen LogP contribution >= 0.6 is 0 Å². The lowest BCUT2D eigenvalue weighted by molar-refractivity contribution is -0.122. The van der Waals surface area contributed by atoms with Gasteiger partial charge in [-0.2, -0.15) is 0 Å². The molecule has 7 nitrogen and oxygen atoms in total. The van der Waals surface area contributed by atoms with Crippen LogP contribution in [0, 0.1) is 12.8 Å². The molecule has 2 amide bonds. The van der Waals surface area contributed by atoms with Crippen molar-refractivity contribution in [1.29, 1.82) is 0 Å². The SMILES string of the molecule is Cc1ccc(CNC(=O)Cn2c(=O)c(CCC(=O)NCC(C)C)nc3ccccc32)cc1. The van der Waals surface area contributed by atoms with Gasteiger partial charge in [-0.1, -0.05) is 55.8 Å². The van der Waals surface area contributed by atoms with Gasteiger partial charge in [0, 0.05) is 25.9 Å². The molecule has 0 aliphatic rings. The number of para-hydroxylation sites is 2. The summed E-state index contributed by atoms with van der Waals surface area (Å²) < 4.78 is 1.44. The summed E-state index contributed by atoms with van der Waals surface area (Å²) in [6.07, 6.45) is 0.394. The fourth-order valence-corrected chi connectivity index (χ4v) is 3.31. The van der Waals surface area contributed by atoms with Crippen LogP contribution in [0.1, 0.15) is 37.1 Å². The van der Waals surface area contributed by atoms with Crippen LogP contribution in [0.3, 0.4) is 0 Å². The number of hydrogen-bond acceptors (Lipinski definition) is 4. The Balaban J connectivity index is 1.75. The summed E-state index contributed by atoms with van der Waals surface area (Å²) in [5, 5.41) is 5.72. The van der Waals surface area contributed by atoms with E-state index in [9.17, 15) is 14.4 Å². The van der Waals surface area contributed by atoms with E-state index in [1.807, 2.05) is 57.2 Å². The van der Waals surface area contributed by atoms with Crippen molar-refractivity contribution in [3.05, 3.63) is 75.7 Å². The van der Waals surface area contributed by atoms with Crippen LogP contribution in [0.2, 0.25) is 0 Å². The second kappa shape index (κ2) is 10.7. The quantitative estimate of drug-likeness (QED) is 0.542. The Morgan fingerprint density at radius 1 is 1.00 bits per heavy atom. The first-order valence-corrected chi connectivity index (χ1v) is 10.9. The molecule has 32 heavy (non-hydrogen) atoms. The van der Waals surface area contributed by atoms with Gasteiger partial charge in [-0.05, 0) is 30.5 Å². The number of amides is 2. The minimum atomic E-state index is -0.342. The first-order chi connectivity index (χ1) is 15.3. The number of rotatable bonds is 9. The van der Waals surface area contributed by atoms with Crippen LogP contribution in [-0.4, -0.2) is 27.9 Å². The first-order valence-electron chi connectivity index (χ1n) is 10.9. The largest absolute Gasteiger partial charge is 0.356 e. The summed E-state index contributed by atoms with van der Waals surface area (Å²) in [6, 6.07) is 15.1. The van der Waals surface area contributed by atoms with Gasteiger partial charge in [-0.3, -0.25) is 19.0 Å². The number of fused-ring (bicyclic) bond motifs is 1. The second-order valence-electron chi connectivity index (χ2n) is 8.40. The first kappa shape index (κ1) is 23.2. The summed E-state index contributed by atoms with van der Waals surface area (Å²) in [6.45, 7) is 6.92. The Morgan fingerprint density at radius 3 is 2.44 bits per heavy atom. The van der Waals surface area contributed by atoms with Crippen molar-refractivity contribution in [3.63, 3.8) is 0 Å². The molecule has 0 radical (unpaired) electrons. The summed E-state index contributed by atoms with van der Waals surface area (Å²) in [7, 11) is 0. The van der Waals surface area contributed by atoms with Crippen molar-refractivity contribution < 1.29 is 9.59 Å². The highest BCUT2D eigenvalue weighted by Crippen LogP contribution is 2.11. The Labute approximate surface area is 187 Å². The summed E-state index contributed by atoms with van der Waals surface area (Å²) >= 11 is 0. The molecular formula is C25H30N4O3. The second-order valence-corrected chi connectivity index (χ2v) is 8.40. The average Bonchev–Trinajstić information content (AvgIpc) is 2.78. The lowest BCUT2D eigenvalue weighted by Gasteiger charge is -2.13. The molecule has 7 heteroatoms. The summed E-state index contributed by atoms with van der Waals surface area (Å²) in [5.74, 6) is -0.0199. The number of hydrogen-bond donors (Lipinski definition) is 2. The topological polar surface area (TPSA) is 93.1 Å². The van der Waals surface area contributed by atoms with Gasteiger partial charge in [-0.15, -0.1) is 0 Å². The lowest BCUT2D eigenvalue weighted by Crippen LogP contribution is -2.34. The molecule has 0 saturated carbocycles. The van der Waals surface area contributed by atoms with E-state index in [0.717, 1.165) is 11.1 Å². The Bertz CT molecular complexity index is 1150. The predicted molar refractivity (Wildman–Crippen MR) is 125 cm³/mol. The van der Waals surface area contributed by atoms with Crippen LogP contribution in [0.15, 0.2) is 53.3 Å². The van der Waals surface area contributed by atoms with E-state index in [-0.39, 0.29) is 42.5 Å². The van der Waals surface area contributed by atoms with Crippen molar-refractivity contribution >= 4 is 22.8 Å². The van der Waals surface area contributed by atoms with Crippen molar-refractivity contribution in [2.24, 2.45) is 5.92 Å². The normalized spacial score (nSPS) is 11.0. The van der Waals surface area contributed by atoms with Gasteiger partial charge in [0.15, 0.2) is 0 Å². The third kappa shape index (κ3) is 6.26. The number of aromatic nitrogens is 2. The van der Waals surface area contributed by atoms with Crippen LogP contribution < -0.4 is 16.2 Å². The third-order valence-corrected chi connectivity index (χ3v) is 5.13. The minimum absolute atomic E-state index is 0.111. The fourth-order valence-electron chi connectivity index (χ4n) is 3.31. The number of aryl methyl sites for hydroxylation is 2. The van der Waals surface area contributed by atoms with E-state index < -0.39 is 0 Å². The highest BCUT2D eigenvalue weighted by atomic mass is 16.2. The van der Waals surface area contributed by atoms with Crippen molar-refractivity contribution in [2.75, 3.05) is 6.54 Å². The number of nitrogens with zero attached hydrogens (tertiary/aromatic N) is 2. The van der Waals surface area contributed by atoms with E-state index in [0.29, 0.717) is 30.0 Å². The standard InChI is InChI=1S/C25H30N4O3/c1-17(2)14-26-23(30)13-12-21-25(32)29(22-7-5-4-6-20(22)28-21)16-24(31)27-15-19-10-8-18(3)9-11-19/h4-11,17H,12-16H2,1-3H3,(H,26,30)(H,27,31). The van der Waals surface area contributed by atoms with Gasteiger partial charge in [0.25, 0.3) is 5.56 Å². The maximum Gasteiger partial charge on any atom is 0.273 e. The Morgan fingerprint density at radius 2 is 1.72 bits per heavy atom. The van der Waals surface area contributed by atoms with Gasteiger partial charge in [0.1, 0.15) is 12.2 Å². The number of benzene rings is 2. The number of nitrogens with one attached hydrogen (secondary N) is 2. The van der Waals surface area contributed by atoms with Gasteiger partial charge in [0.2, 0.25) is 11.8 Å². The van der Waals surface area contributed by atoms with E-state index in [1.54, 1.807) is 12.1 Å². The predicted octanol–water partition coefficient (Wildman–Crippen LogP) is 2.73. The van der Waals surface area contributed by atoms with E-state index in [4.69, 9.17) is 0 Å². The smallest absolute Gasteiger partial charge is 0.273 e. The van der Waals surface area contributed by atoms with Crippen molar-refractivity contribution in [2.45, 2.75) is 46.7 Å². The zero-order valence-corrected chi connectivity index (χ0v) is 18.9.